The van der Waals surface area contributed by atoms with Gasteiger partial charge in [-0.1, -0.05) is 51.0 Å². The lowest BCUT2D eigenvalue weighted by atomic mass is 10.1. The molecule has 0 bridgehead atoms. The van der Waals surface area contributed by atoms with E-state index in [0.29, 0.717) is 9.79 Å². The van der Waals surface area contributed by atoms with Crippen LogP contribution in [0.4, 0.5) is 0 Å². The topological polar surface area (TPSA) is 34.1 Å². The van der Waals surface area contributed by atoms with Gasteiger partial charge < -0.3 is 0 Å². The lowest BCUT2D eigenvalue weighted by Gasteiger charge is -2.07. The number of hydrogen-bond acceptors (Lipinski definition) is 2. The molecule has 2 aromatic carbocycles. The van der Waals surface area contributed by atoms with Crippen LogP contribution >= 0.6 is 0 Å². The number of rotatable bonds is 8. The summed E-state index contributed by atoms with van der Waals surface area (Å²) < 4.78 is 25.4. The summed E-state index contributed by atoms with van der Waals surface area (Å²) >= 11 is 0. The molecule has 3 heteroatoms. The van der Waals surface area contributed by atoms with E-state index in [1.54, 1.807) is 24.3 Å². The molecular weight excluding hydrogens is 304 g/mol. The minimum atomic E-state index is -3.41. The third-order valence-corrected chi connectivity index (χ3v) is 5.89. The molecule has 124 valence electrons. The van der Waals surface area contributed by atoms with E-state index in [9.17, 15) is 8.42 Å². The summed E-state index contributed by atoms with van der Waals surface area (Å²) in [5, 5.41) is 0. The second-order valence-electron chi connectivity index (χ2n) is 6.00. The van der Waals surface area contributed by atoms with Gasteiger partial charge in [-0.05, 0) is 61.1 Å². The van der Waals surface area contributed by atoms with Crippen LogP contribution in [0.1, 0.15) is 50.7 Å². The first kappa shape index (κ1) is 17.7. The molecule has 0 amide bonds. The molecule has 23 heavy (non-hydrogen) atoms. The normalized spacial score (nSPS) is 11.6. The molecule has 2 rings (SSSR count). The van der Waals surface area contributed by atoms with Gasteiger partial charge in [0, 0.05) is 0 Å². The van der Waals surface area contributed by atoms with Crippen molar-refractivity contribution in [3.63, 3.8) is 0 Å². The average Bonchev–Trinajstić information content (AvgIpc) is 2.59. The summed E-state index contributed by atoms with van der Waals surface area (Å²) in [7, 11) is -3.41. The maximum atomic E-state index is 12.7. The van der Waals surface area contributed by atoms with E-state index in [1.165, 1.54) is 11.1 Å². The minimum absolute atomic E-state index is 0.374. The standard InChI is InChI=1S/C20H26O2S/c1-3-5-7-17-9-13-19(14-10-17)23(21,22)20-15-11-18(12-16-20)8-6-4-2/h9-16H,3-8H2,1-2H3. The molecule has 0 saturated heterocycles. The van der Waals surface area contributed by atoms with Gasteiger partial charge in [0.05, 0.1) is 9.79 Å². The summed E-state index contributed by atoms with van der Waals surface area (Å²) in [4.78, 5) is 0.748. The summed E-state index contributed by atoms with van der Waals surface area (Å²) in [6.45, 7) is 4.31. The third kappa shape index (κ3) is 4.68. The second-order valence-corrected chi connectivity index (χ2v) is 7.95. The highest BCUT2D eigenvalue weighted by Crippen LogP contribution is 2.22. The van der Waals surface area contributed by atoms with Gasteiger partial charge in [0.15, 0.2) is 0 Å². The summed E-state index contributed by atoms with van der Waals surface area (Å²) in [5.41, 5.74) is 2.39. The molecule has 0 aromatic heterocycles. The van der Waals surface area contributed by atoms with E-state index in [4.69, 9.17) is 0 Å². The highest BCUT2D eigenvalue weighted by atomic mass is 32.2. The molecule has 0 radical (unpaired) electrons. The summed E-state index contributed by atoms with van der Waals surface area (Å²) in [5.74, 6) is 0. The van der Waals surface area contributed by atoms with Crippen LogP contribution in [0.15, 0.2) is 58.3 Å². The molecule has 0 aliphatic rings. The van der Waals surface area contributed by atoms with Gasteiger partial charge in [-0.25, -0.2) is 8.42 Å². The van der Waals surface area contributed by atoms with E-state index in [0.717, 1.165) is 38.5 Å². The SMILES string of the molecule is CCCCc1ccc(S(=O)(=O)c2ccc(CCCC)cc2)cc1. The molecule has 0 heterocycles. The Kier molecular flexibility index (Phi) is 6.40. The van der Waals surface area contributed by atoms with Crippen molar-refractivity contribution >= 4 is 9.84 Å². The van der Waals surface area contributed by atoms with Gasteiger partial charge in [0.2, 0.25) is 9.84 Å². The van der Waals surface area contributed by atoms with Crippen molar-refractivity contribution in [3.05, 3.63) is 59.7 Å². The molecule has 0 aliphatic heterocycles. The lowest BCUT2D eigenvalue weighted by molar-refractivity contribution is 0.596. The van der Waals surface area contributed by atoms with Gasteiger partial charge in [-0.3, -0.25) is 0 Å². The van der Waals surface area contributed by atoms with Crippen LogP contribution < -0.4 is 0 Å². The lowest BCUT2D eigenvalue weighted by Crippen LogP contribution is -2.02. The first-order valence-electron chi connectivity index (χ1n) is 8.51. The van der Waals surface area contributed by atoms with Gasteiger partial charge >= 0.3 is 0 Å². The monoisotopic (exact) mass is 330 g/mol. The molecule has 0 saturated carbocycles. The van der Waals surface area contributed by atoms with Crippen molar-refractivity contribution in [2.24, 2.45) is 0 Å². The first-order valence-corrected chi connectivity index (χ1v) is 9.99. The molecule has 0 aliphatic carbocycles. The Hall–Kier alpha value is -1.61. The summed E-state index contributed by atoms with van der Waals surface area (Å²) in [6.07, 6.45) is 6.55. The van der Waals surface area contributed by atoms with Crippen LogP contribution in [0.2, 0.25) is 0 Å². The molecule has 0 atom stereocenters. The van der Waals surface area contributed by atoms with Crippen molar-refractivity contribution in [1.29, 1.82) is 0 Å². The maximum Gasteiger partial charge on any atom is 0.206 e. The smallest absolute Gasteiger partial charge is 0.206 e. The molecule has 0 N–H and O–H groups in total. The Morgan fingerprint density at radius 3 is 1.30 bits per heavy atom. The molecule has 2 nitrogen and oxygen atoms in total. The Balaban J connectivity index is 2.17. The summed E-state index contributed by atoms with van der Waals surface area (Å²) in [6, 6.07) is 14.6. The fourth-order valence-electron chi connectivity index (χ4n) is 2.57. The molecular formula is C20H26O2S. The predicted octanol–water partition coefficient (Wildman–Crippen LogP) is 5.20. The Morgan fingerprint density at radius 1 is 0.652 bits per heavy atom. The molecule has 0 spiro atoms. The van der Waals surface area contributed by atoms with Crippen LogP contribution in [0, 0.1) is 0 Å². The molecule has 0 fully saturated rings. The third-order valence-electron chi connectivity index (χ3n) is 4.11. The number of unbranched alkanes of at least 4 members (excludes halogenated alkanes) is 2. The van der Waals surface area contributed by atoms with E-state index in [1.807, 2.05) is 24.3 Å². The van der Waals surface area contributed by atoms with Crippen LogP contribution in [0.25, 0.3) is 0 Å². The first-order chi connectivity index (χ1) is 11.1. The Labute approximate surface area is 140 Å². The minimum Gasteiger partial charge on any atom is -0.219 e. The fourth-order valence-corrected chi connectivity index (χ4v) is 3.83. The van der Waals surface area contributed by atoms with Crippen molar-refractivity contribution < 1.29 is 8.42 Å². The highest BCUT2D eigenvalue weighted by Gasteiger charge is 2.17. The zero-order valence-electron chi connectivity index (χ0n) is 14.1. The highest BCUT2D eigenvalue weighted by molar-refractivity contribution is 7.91. The fraction of sp³-hybridized carbons (Fsp3) is 0.400. The predicted molar refractivity (Wildman–Crippen MR) is 95.6 cm³/mol. The van der Waals surface area contributed by atoms with Gasteiger partial charge in [0.1, 0.15) is 0 Å². The largest absolute Gasteiger partial charge is 0.219 e. The van der Waals surface area contributed by atoms with E-state index >= 15 is 0 Å². The van der Waals surface area contributed by atoms with Crippen LogP contribution in [-0.4, -0.2) is 8.42 Å². The van der Waals surface area contributed by atoms with Crippen molar-refractivity contribution in [3.8, 4) is 0 Å². The van der Waals surface area contributed by atoms with Crippen LogP contribution in [0.5, 0.6) is 0 Å². The van der Waals surface area contributed by atoms with Gasteiger partial charge in [0.25, 0.3) is 0 Å². The average molecular weight is 330 g/mol. The Morgan fingerprint density at radius 2 is 1.00 bits per heavy atom. The second kappa shape index (κ2) is 8.30. The molecule has 0 unspecified atom stereocenters. The Bertz CT molecular complexity index is 641. The quantitative estimate of drug-likeness (QED) is 0.666. The number of aryl methyl sites for hydroxylation is 2. The van der Waals surface area contributed by atoms with Gasteiger partial charge in [-0.15, -0.1) is 0 Å². The number of sulfone groups is 1. The number of benzene rings is 2. The maximum absolute atomic E-state index is 12.7. The zero-order chi connectivity index (χ0) is 16.7. The van der Waals surface area contributed by atoms with Crippen LogP contribution in [-0.2, 0) is 22.7 Å². The van der Waals surface area contributed by atoms with Crippen molar-refractivity contribution in [2.45, 2.75) is 62.2 Å². The van der Waals surface area contributed by atoms with E-state index < -0.39 is 9.84 Å². The van der Waals surface area contributed by atoms with E-state index in [-0.39, 0.29) is 0 Å². The van der Waals surface area contributed by atoms with Gasteiger partial charge in [-0.2, -0.15) is 0 Å². The molecule has 2 aromatic rings. The number of hydrogen-bond donors (Lipinski definition) is 0. The zero-order valence-corrected chi connectivity index (χ0v) is 14.9. The van der Waals surface area contributed by atoms with Crippen LogP contribution in [0.3, 0.4) is 0 Å². The van der Waals surface area contributed by atoms with Crippen molar-refractivity contribution in [2.75, 3.05) is 0 Å². The van der Waals surface area contributed by atoms with E-state index in [2.05, 4.69) is 13.8 Å². The van der Waals surface area contributed by atoms with Crippen molar-refractivity contribution in [1.82, 2.24) is 0 Å².